The number of nitrogens with one attached hydrogen (secondary N) is 1. The first-order valence-corrected chi connectivity index (χ1v) is 25.8. The fraction of sp³-hybridized carbons (Fsp3) is 0.0435. The van der Waals surface area contributed by atoms with E-state index in [1.807, 2.05) is 30.3 Å². The number of nitrogens with zero attached hydrogens (tertiary/aromatic N) is 4. The van der Waals surface area contributed by atoms with Crippen LogP contribution in [0.5, 0.6) is 0 Å². The number of benzene rings is 10. The molecule has 0 amide bonds. The van der Waals surface area contributed by atoms with Gasteiger partial charge in [-0.2, -0.15) is 0 Å². The summed E-state index contributed by atoms with van der Waals surface area (Å²) in [5.41, 5.74) is 17.3. The molecule has 2 unspecified atom stereocenters. The van der Waals surface area contributed by atoms with Gasteiger partial charge in [-0.05, 0) is 94.9 Å². The molecule has 1 aliphatic heterocycles. The molecule has 1 aliphatic carbocycles. The first kappa shape index (κ1) is 42.9. The van der Waals surface area contributed by atoms with Gasteiger partial charge in [-0.25, -0.2) is 9.98 Å². The van der Waals surface area contributed by atoms with Crippen LogP contribution in [0.25, 0.3) is 99.2 Å². The molecule has 0 saturated carbocycles. The molecule has 0 fully saturated rings. The van der Waals surface area contributed by atoms with Gasteiger partial charge in [0.1, 0.15) is 23.2 Å². The van der Waals surface area contributed by atoms with Crippen LogP contribution in [0.3, 0.4) is 0 Å². The minimum atomic E-state index is -0.513. The summed E-state index contributed by atoms with van der Waals surface area (Å²) in [5, 5.41) is 10.9. The van der Waals surface area contributed by atoms with Crippen molar-refractivity contribution in [2.45, 2.75) is 18.5 Å². The lowest BCUT2D eigenvalue weighted by molar-refractivity contribution is 0.665. The molecule has 13 aromatic rings. The zero-order valence-electron chi connectivity index (χ0n) is 40.8. The predicted octanol–water partition coefficient (Wildman–Crippen LogP) is 17.2. The number of hydrogen-bond acceptors (Lipinski definition) is 4. The van der Waals surface area contributed by atoms with Crippen molar-refractivity contribution in [1.29, 1.82) is 0 Å². The first-order chi connectivity index (χ1) is 37.2. The average molecular weight is 962 g/mol. The Labute approximate surface area is 433 Å². The zero-order chi connectivity index (χ0) is 49.4. The normalized spacial score (nSPS) is 15.6. The second kappa shape index (κ2) is 17.5. The Balaban J connectivity index is 0.952. The molecule has 10 aromatic carbocycles. The maximum Gasteiger partial charge on any atom is 0.159 e. The molecule has 15 rings (SSSR count). The second-order valence-electron chi connectivity index (χ2n) is 19.6. The van der Waals surface area contributed by atoms with Crippen LogP contribution >= 0.6 is 0 Å². The van der Waals surface area contributed by atoms with E-state index in [4.69, 9.17) is 14.4 Å². The third-order valence-electron chi connectivity index (χ3n) is 15.3. The van der Waals surface area contributed by atoms with Crippen molar-refractivity contribution < 1.29 is 4.42 Å². The number of aromatic nitrogens is 2. The van der Waals surface area contributed by atoms with Gasteiger partial charge in [-0.15, -0.1) is 0 Å². The van der Waals surface area contributed by atoms with E-state index in [0.717, 1.165) is 84.4 Å². The maximum absolute atomic E-state index is 6.43. The minimum absolute atomic E-state index is 0.330. The van der Waals surface area contributed by atoms with Crippen molar-refractivity contribution >= 4 is 77.2 Å². The van der Waals surface area contributed by atoms with E-state index in [2.05, 4.69) is 239 Å². The largest absolute Gasteiger partial charge is 0.456 e. The Hall–Kier alpha value is -9.78. The van der Waals surface area contributed by atoms with Gasteiger partial charge in [0.15, 0.2) is 5.84 Å². The highest BCUT2D eigenvalue weighted by molar-refractivity contribution is 6.22. The molecule has 4 heterocycles. The summed E-state index contributed by atoms with van der Waals surface area (Å²) in [5.74, 6) is 1.71. The van der Waals surface area contributed by atoms with E-state index in [0.29, 0.717) is 11.8 Å². The van der Waals surface area contributed by atoms with Gasteiger partial charge in [0, 0.05) is 60.6 Å². The summed E-state index contributed by atoms with van der Waals surface area (Å²) in [6.45, 7) is 0. The number of allylic oxidation sites excluding steroid dienone is 4. The number of rotatable bonds is 8. The van der Waals surface area contributed by atoms with Gasteiger partial charge in [0.2, 0.25) is 0 Å². The Morgan fingerprint density at radius 2 is 1.09 bits per heavy atom. The topological polar surface area (TPSA) is 59.8 Å². The smallest absolute Gasteiger partial charge is 0.159 e. The number of para-hydroxylation sites is 3. The Morgan fingerprint density at radius 3 is 1.87 bits per heavy atom. The number of furan rings is 1. The highest BCUT2D eigenvalue weighted by Gasteiger charge is 2.28. The Kier molecular flexibility index (Phi) is 9.98. The SMILES string of the molecule is C1=CCC(c2ccc3c4c(-c5cccc6c5c5ccccc5n6-c5cc(-c6ccccc6)ccc5C5N=C(c6ccccc6)N=C(c6ccc7c(c6)oc6ccccc67)N5)cccc4n(-c4ccccc4)c3c2)C=C1. The molecule has 0 saturated heterocycles. The van der Waals surface area contributed by atoms with Crippen LogP contribution in [0.2, 0.25) is 0 Å². The molecule has 0 bridgehead atoms. The quantitative estimate of drug-likeness (QED) is 0.165. The fourth-order valence-corrected chi connectivity index (χ4v) is 11.9. The van der Waals surface area contributed by atoms with E-state index >= 15 is 0 Å². The monoisotopic (exact) mass is 961 g/mol. The fourth-order valence-electron chi connectivity index (χ4n) is 11.9. The van der Waals surface area contributed by atoms with E-state index in [-0.39, 0.29) is 0 Å². The highest BCUT2D eigenvalue weighted by atomic mass is 16.3. The maximum atomic E-state index is 6.43. The van der Waals surface area contributed by atoms with Crippen LogP contribution < -0.4 is 5.32 Å². The van der Waals surface area contributed by atoms with E-state index in [9.17, 15) is 0 Å². The van der Waals surface area contributed by atoms with Gasteiger partial charge < -0.3 is 18.9 Å². The summed E-state index contributed by atoms with van der Waals surface area (Å²) in [6, 6.07) is 82.8. The van der Waals surface area contributed by atoms with Gasteiger partial charge in [0.25, 0.3) is 0 Å². The summed E-state index contributed by atoms with van der Waals surface area (Å²) >= 11 is 0. The van der Waals surface area contributed by atoms with Crippen molar-refractivity contribution in [3.63, 3.8) is 0 Å². The summed E-state index contributed by atoms with van der Waals surface area (Å²) < 4.78 is 11.3. The van der Waals surface area contributed by atoms with E-state index in [1.165, 1.54) is 49.3 Å². The third-order valence-corrected chi connectivity index (χ3v) is 15.3. The lowest BCUT2D eigenvalue weighted by Gasteiger charge is -2.26. The van der Waals surface area contributed by atoms with Crippen LogP contribution in [-0.4, -0.2) is 20.8 Å². The Bertz CT molecular complexity index is 4530. The average Bonchev–Trinajstić information content (AvgIpc) is 4.18. The number of amidine groups is 2. The summed E-state index contributed by atoms with van der Waals surface area (Å²) in [4.78, 5) is 10.7. The standard InChI is InChI=1S/C69H47N5O/c1-5-19-44(20-6-1)47-35-39-56-61(41-47)73(50-25-11-4-12-26-50)59-32-17-29-54(66(56)59)53-30-18-33-60-65(53)55-28-13-15-31-58(55)74(60)62-42-48(45-21-7-2-8-22-45)36-40-57(62)69-71-67(46-23-9-3-10-24-46)70-68(72-69)49-37-38-52-51-27-14-16-34-63(51)75-64(52)43-49/h1-19,21-44,69H,20H2,(H,70,71,72). The van der Waals surface area contributed by atoms with Crippen LogP contribution in [0, 0.1) is 0 Å². The van der Waals surface area contributed by atoms with E-state index in [1.54, 1.807) is 0 Å². The molecule has 1 N–H and O–H groups in total. The van der Waals surface area contributed by atoms with Crippen molar-refractivity contribution in [3.05, 3.63) is 277 Å². The molecular formula is C69H47N5O. The highest BCUT2D eigenvalue weighted by Crippen LogP contribution is 2.46. The van der Waals surface area contributed by atoms with Crippen LogP contribution in [0.4, 0.5) is 0 Å². The molecular weight excluding hydrogens is 915 g/mol. The third kappa shape index (κ3) is 7.09. The molecule has 0 spiro atoms. The number of hydrogen-bond donors (Lipinski definition) is 1. The molecule has 75 heavy (non-hydrogen) atoms. The predicted molar refractivity (Wildman–Crippen MR) is 311 cm³/mol. The van der Waals surface area contributed by atoms with E-state index < -0.39 is 6.17 Å². The van der Waals surface area contributed by atoms with Gasteiger partial charge >= 0.3 is 0 Å². The van der Waals surface area contributed by atoms with Crippen molar-refractivity contribution in [1.82, 2.24) is 14.5 Å². The van der Waals surface area contributed by atoms with Crippen molar-refractivity contribution in [3.8, 4) is 33.6 Å². The summed E-state index contributed by atoms with van der Waals surface area (Å²) in [6.07, 6.45) is 9.41. The van der Waals surface area contributed by atoms with Crippen molar-refractivity contribution in [2.24, 2.45) is 9.98 Å². The number of aliphatic imine (C=N–C) groups is 2. The molecule has 2 aliphatic rings. The van der Waals surface area contributed by atoms with Crippen LogP contribution in [-0.2, 0) is 0 Å². The van der Waals surface area contributed by atoms with Crippen LogP contribution in [0.15, 0.2) is 269 Å². The molecule has 6 heteroatoms. The lowest BCUT2D eigenvalue weighted by Crippen LogP contribution is -2.34. The lowest BCUT2D eigenvalue weighted by atomic mass is 9.91. The molecule has 6 nitrogen and oxygen atoms in total. The molecule has 3 aromatic heterocycles. The summed E-state index contributed by atoms with van der Waals surface area (Å²) in [7, 11) is 0. The second-order valence-corrected chi connectivity index (χ2v) is 19.6. The van der Waals surface area contributed by atoms with Crippen LogP contribution in [0.1, 0.15) is 40.8 Å². The van der Waals surface area contributed by atoms with Crippen molar-refractivity contribution in [2.75, 3.05) is 0 Å². The Morgan fingerprint density at radius 1 is 0.453 bits per heavy atom. The molecule has 354 valence electrons. The minimum Gasteiger partial charge on any atom is -0.456 e. The van der Waals surface area contributed by atoms with Gasteiger partial charge in [-0.1, -0.05) is 194 Å². The van der Waals surface area contributed by atoms with Gasteiger partial charge in [0.05, 0.1) is 27.8 Å². The van der Waals surface area contributed by atoms with Gasteiger partial charge in [-0.3, -0.25) is 0 Å². The molecule has 2 atom stereocenters. The number of fused-ring (bicyclic) bond motifs is 9. The zero-order valence-corrected chi connectivity index (χ0v) is 40.8. The first-order valence-electron chi connectivity index (χ1n) is 25.8. The molecule has 0 radical (unpaired) electrons.